The van der Waals surface area contributed by atoms with Gasteiger partial charge in [0.1, 0.15) is 30.5 Å². The summed E-state index contributed by atoms with van der Waals surface area (Å²) < 4.78 is 27.1. The maximum Gasteiger partial charge on any atom is 0.335 e. The third-order valence-corrected chi connectivity index (χ3v) is 9.10. The maximum atomic E-state index is 12.4. The van der Waals surface area contributed by atoms with Crippen molar-refractivity contribution in [3.8, 4) is 5.75 Å². The molecule has 0 aliphatic carbocycles. The number of Topliss-reactive ketones (excluding diaryl/α,β-unsaturated/α-hetero) is 3. The van der Waals surface area contributed by atoms with Crippen LogP contribution in [0.15, 0.2) is 24.3 Å². The lowest BCUT2D eigenvalue weighted by Gasteiger charge is -2.12. The first-order valence-electron chi connectivity index (χ1n) is 20.7. The monoisotopic (exact) mass is 837 g/mol. The van der Waals surface area contributed by atoms with E-state index in [1.165, 1.54) is 19.1 Å². The van der Waals surface area contributed by atoms with Gasteiger partial charge in [-0.2, -0.15) is 0 Å². The molecule has 0 spiro atoms. The molecule has 0 aliphatic heterocycles. The van der Waals surface area contributed by atoms with Gasteiger partial charge in [-0.05, 0) is 76.1 Å². The zero-order valence-electron chi connectivity index (χ0n) is 34.7. The Bertz CT molecular complexity index is 1370. The van der Waals surface area contributed by atoms with Crippen LogP contribution in [0.3, 0.4) is 0 Å². The molecule has 2 atom stereocenters. The molecule has 59 heavy (non-hydrogen) atoms. The molecule has 2 amide bonds. The number of carboxylic acid groups (broad SMARTS) is 2. The number of hydrogen-bond donors (Lipinski definition) is 5. The first kappa shape index (κ1) is 52.7. The summed E-state index contributed by atoms with van der Waals surface area (Å²) in [4.78, 5) is 82.1. The third kappa shape index (κ3) is 30.4. The van der Waals surface area contributed by atoms with Crippen LogP contribution in [0.2, 0.25) is 0 Å². The second kappa shape index (κ2) is 34.6. The van der Waals surface area contributed by atoms with E-state index in [1.807, 2.05) is 0 Å². The molecule has 1 rings (SSSR count). The number of carboxylic acids is 2. The Morgan fingerprint density at radius 1 is 0.593 bits per heavy atom. The molecule has 17 nitrogen and oxygen atoms in total. The van der Waals surface area contributed by atoms with E-state index >= 15 is 0 Å². The lowest BCUT2D eigenvalue weighted by Crippen LogP contribution is -2.30. The van der Waals surface area contributed by atoms with E-state index in [0.717, 1.165) is 44.9 Å². The first-order chi connectivity index (χ1) is 28.4. The molecule has 0 unspecified atom stereocenters. The van der Waals surface area contributed by atoms with E-state index < -0.39 is 23.9 Å². The van der Waals surface area contributed by atoms with Gasteiger partial charge in [-0.25, -0.2) is 4.79 Å². The van der Waals surface area contributed by atoms with Crippen molar-refractivity contribution >= 4 is 41.1 Å². The zero-order valence-corrected chi connectivity index (χ0v) is 34.7. The second-order valence-electron chi connectivity index (χ2n) is 14.3. The van der Waals surface area contributed by atoms with Crippen LogP contribution in [0.1, 0.15) is 114 Å². The summed E-state index contributed by atoms with van der Waals surface area (Å²) in [7, 11) is 0. The fraction of sp³-hybridized carbons (Fsp3) is 0.690. The molecule has 0 saturated carbocycles. The number of carbonyl (C=O) groups excluding carboxylic acids is 5. The van der Waals surface area contributed by atoms with Gasteiger partial charge >= 0.3 is 11.9 Å². The quantitative estimate of drug-likeness (QED) is 0.0591. The van der Waals surface area contributed by atoms with Crippen molar-refractivity contribution in [2.45, 2.75) is 109 Å². The van der Waals surface area contributed by atoms with E-state index in [0.29, 0.717) is 64.2 Å². The minimum absolute atomic E-state index is 0.0206. The van der Waals surface area contributed by atoms with E-state index in [-0.39, 0.29) is 100 Å². The molecule has 0 radical (unpaired) electrons. The number of benzene rings is 1. The molecule has 1 aromatic rings. The van der Waals surface area contributed by atoms with Crippen molar-refractivity contribution in [3.05, 3.63) is 29.8 Å². The highest BCUT2D eigenvalue weighted by Crippen LogP contribution is 2.17. The summed E-state index contributed by atoms with van der Waals surface area (Å²) >= 11 is 0. The van der Waals surface area contributed by atoms with Crippen LogP contribution in [0.25, 0.3) is 0 Å². The van der Waals surface area contributed by atoms with E-state index in [4.69, 9.17) is 34.5 Å². The van der Waals surface area contributed by atoms with Crippen LogP contribution in [-0.4, -0.2) is 130 Å². The highest BCUT2D eigenvalue weighted by molar-refractivity contribution is 5.87. The van der Waals surface area contributed by atoms with Gasteiger partial charge in [0, 0.05) is 45.4 Å². The third-order valence-electron chi connectivity index (χ3n) is 9.10. The number of carbonyl (C=O) groups is 7. The topological polar surface area (TPSA) is 256 Å². The van der Waals surface area contributed by atoms with E-state index in [2.05, 4.69) is 10.6 Å². The largest absolute Gasteiger partial charge is 0.494 e. The van der Waals surface area contributed by atoms with Gasteiger partial charge in [0.05, 0.1) is 57.2 Å². The van der Waals surface area contributed by atoms with Crippen molar-refractivity contribution in [1.29, 1.82) is 0 Å². The number of ketones is 3. The average molecular weight is 838 g/mol. The Morgan fingerprint density at radius 3 is 1.88 bits per heavy atom. The lowest BCUT2D eigenvalue weighted by molar-refractivity contribution is -0.144. The van der Waals surface area contributed by atoms with Crippen LogP contribution < -0.4 is 21.1 Å². The van der Waals surface area contributed by atoms with Crippen LogP contribution in [0.4, 0.5) is 0 Å². The molecule has 0 fully saturated rings. The predicted molar refractivity (Wildman–Crippen MR) is 217 cm³/mol. The number of aliphatic carboxylic acids is 1. The Balaban J connectivity index is 1.94. The van der Waals surface area contributed by atoms with Gasteiger partial charge < -0.3 is 50.3 Å². The molecule has 0 bridgehead atoms. The average Bonchev–Trinajstić information content (AvgIpc) is 3.20. The van der Waals surface area contributed by atoms with Crippen molar-refractivity contribution in [3.63, 3.8) is 0 Å². The number of nitrogens with two attached hydrogens (primary N) is 1. The summed E-state index contributed by atoms with van der Waals surface area (Å²) in [6.45, 7) is 4.14. The Kier molecular flexibility index (Phi) is 30.9. The minimum Gasteiger partial charge on any atom is -0.494 e. The maximum absolute atomic E-state index is 12.4. The van der Waals surface area contributed by atoms with E-state index in [1.54, 1.807) is 12.1 Å². The van der Waals surface area contributed by atoms with Crippen molar-refractivity contribution in [2.24, 2.45) is 11.7 Å². The molecule has 6 N–H and O–H groups in total. The molecule has 334 valence electrons. The van der Waals surface area contributed by atoms with E-state index in [9.17, 15) is 38.7 Å². The number of ether oxygens (including phenoxy) is 5. The second-order valence-corrected chi connectivity index (χ2v) is 14.3. The number of hydrogen-bond acceptors (Lipinski definition) is 13. The van der Waals surface area contributed by atoms with Crippen molar-refractivity contribution in [1.82, 2.24) is 10.6 Å². The Hall–Kier alpha value is -4.29. The van der Waals surface area contributed by atoms with Gasteiger partial charge in [0.2, 0.25) is 11.8 Å². The number of amides is 2. The van der Waals surface area contributed by atoms with Crippen molar-refractivity contribution < 1.29 is 67.5 Å². The Labute approximate surface area is 347 Å². The fourth-order valence-corrected chi connectivity index (χ4v) is 5.57. The van der Waals surface area contributed by atoms with Crippen molar-refractivity contribution in [2.75, 3.05) is 72.6 Å². The highest BCUT2D eigenvalue weighted by atomic mass is 16.5. The number of rotatable bonds is 40. The van der Waals surface area contributed by atoms with Gasteiger partial charge in [0.15, 0.2) is 5.78 Å². The first-order valence-corrected chi connectivity index (χ1v) is 20.7. The molecule has 0 saturated heterocycles. The fourth-order valence-electron chi connectivity index (χ4n) is 5.57. The summed E-state index contributed by atoms with van der Waals surface area (Å²) in [5.41, 5.74) is 5.88. The molecule has 1 aromatic carbocycles. The predicted octanol–water partition coefficient (Wildman–Crippen LogP) is 3.67. The number of unbranched alkanes of at least 4 members (excludes halogenated alkanes) is 6. The van der Waals surface area contributed by atoms with Gasteiger partial charge in [-0.1, -0.05) is 25.7 Å². The normalized spacial score (nSPS) is 12.0. The summed E-state index contributed by atoms with van der Waals surface area (Å²) in [5.74, 6) is -3.17. The summed E-state index contributed by atoms with van der Waals surface area (Å²) in [6, 6.07) is 5.82. The zero-order chi connectivity index (χ0) is 43.5. The standard InChI is InChI=1S/C42H67N3O14/c1-32(46)38(43)13-7-8-20-44-40(50)31-58-28-25-55-22-10-12-36(48)30-57-27-26-56-24-21-45-39(49)19-16-34(42(53)54)29-35(47)11-6-4-2-3-5-9-23-59-37-17-14-33(15-18-37)41(51)52/h14-15,17-18,34,38H,2-13,16,19-31,43H2,1H3,(H,44,50)(H,45,49)(H,51,52)(H,53,54)/t34-,38+/m1/s1. The minimum atomic E-state index is -1.10. The lowest BCUT2D eigenvalue weighted by atomic mass is 9.94. The number of nitrogens with one attached hydrogen (secondary N) is 2. The molecular formula is C42H67N3O14. The van der Waals surface area contributed by atoms with Crippen LogP contribution in [0.5, 0.6) is 5.75 Å². The van der Waals surface area contributed by atoms with Crippen LogP contribution >= 0.6 is 0 Å². The number of aromatic carboxylic acids is 1. The molecule has 0 aliphatic rings. The highest BCUT2D eigenvalue weighted by Gasteiger charge is 2.22. The van der Waals surface area contributed by atoms with Gasteiger partial charge in [-0.15, -0.1) is 0 Å². The summed E-state index contributed by atoms with van der Waals surface area (Å²) in [5, 5.41) is 23.9. The molecule has 17 heteroatoms. The van der Waals surface area contributed by atoms with Crippen LogP contribution in [0, 0.1) is 5.92 Å². The molecule has 0 aromatic heterocycles. The van der Waals surface area contributed by atoms with Gasteiger partial charge in [0.25, 0.3) is 0 Å². The molecular weight excluding hydrogens is 770 g/mol. The summed E-state index contributed by atoms with van der Waals surface area (Å²) in [6.07, 6.45) is 8.43. The van der Waals surface area contributed by atoms with Crippen LogP contribution in [-0.2, 0) is 47.7 Å². The SMILES string of the molecule is CC(=O)[C@@H](N)CCCCNC(=O)COCCOCCCC(=O)COCCOCCNC(=O)CC[C@H](CC(=O)CCCCCCCCOc1ccc(C(=O)O)cc1)C(=O)O. The Morgan fingerprint density at radius 2 is 1.20 bits per heavy atom. The smallest absolute Gasteiger partial charge is 0.335 e. The van der Waals surface area contributed by atoms with Gasteiger partial charge in [-0.3, -0.25) is 28.8 Å². The molecule has 0 heterocycles.